The van der Waals surface area contributed by atoms with Crippen LogP contribution in [0.2, 0.25) is 0 Å². The van der Waals surface area contributed by atoms with Crippen molar-refractivity contribution in [2.45, 2.75) is 45.8 Å². The van der Waals surface area contributed by atoms with Crippen molar-refractivity contribution in [1.29, 1.82) is 0 Å². The highest BCUT2D eigenvalue weighted by molar-refractivity contribution is 5.51. The van der Waals surface area contributed by atoms with Gasteiger partial charge in [-0.1, -0.05) is 13.0 Å². The van der Waals surface area contributed by atoms with Crippen molar-refractivity contribution in [2.24, 2.45) is 0 Å². The first-order valence-electron chi connectivity index (χ1n) is 7.44. The van der Waals surface area contributed by atoms with E-state index in [1.54, 1.807) is 0 Å². The van der Waals surface area contributed by atoms with E-state index in [2.05, 4.69) is 49.2 Å². The predicted molar refractivity (Wildman–Crippen MR) is 81.1 cm³/mol. The summed E-state index contributed by atoms with van der Waals surface area (Å²) in [4.78, 5) is 2.44. The van der Waals surface area contributed by atoms with Crippen molar-refractivity contribution >= 4 is 5.69 Å². The summed E-state index contributed by atoms with van der Waals surface area (Å²) in [7, 11) is 0. The van der Waals surface area contributed by atoms with Crippen molar-refractivity contribution in [3.05, 3.63) is 24.3 Å². The Labute approximate surface area is 116 Å². The lowest BCUT2D eigenvalue weighted by molar-refractivity contribution is 0.217. The maximum atomic E-state index is 5.91. The lowest BCUT2D eigenvalue weighted by Crippen LogP contribution is -2.29. The fourth-order valence-corrected chi connectivity index (χ4v) is 2.34. The second kappa shape index (κ2) is 6.80. The number of anilines is 1. The van der Waals surface area contributed by atoms with Gasteiger partial charge in [-0.3, -0.25) is 0 Å². The molecule has 19 heavy (non-hydrogen) atoms. The molecule has 2 unspecified atom stereocenters. The highest BCUT2D eigenvalue weighted by atomic mass is 16.5. The van der Waals surface area contributed by atoms with E-state index in [4.69, 9.17) is 4.74 Å². The monoisotopic (exact) mass is 262 g/mol. The van der Waals surface area contributed by atoms with Crippen LogP contribution in [0, 0.1) is 0 Å². The number of hydrogen-bond acceptors (Lipinski definition) is 3. The molecule has 1 heterocycles. The normalized spacial score (nSPS) is 21.8. The van der Waals surface area contributed by atoms with Crippen LogP contribution in [0.5, 0.6) is 5.75 Å². The van der Waals surface area contributed by atoms with E-state index >= 15 is 0 Å². The average Bonchev–Trinajstić information content (AvgIpc) is 2.64. The molecule has 1 aliphatic rings. The first-order chi connectivity index (χ1) is 9.19. The minimum Gasteiger partial charge on any atom is -0.491 e. The summed E-state index contributed by atoms with van der Waals surface area (Å²) in [5, 5.41) is 3.53. The highest BCUT2D eigenvalue weighted by Gasteiger charge is 2.14. The van der Waals surface area contributed by atoms with Crippen LogP contribution in [0.4, 0.5) is 5.69 Å². The Morgan fingerprint density at radius 3 is 3.05 bits per heavy atom. The molecule has 1 aromatic rings. The molecule has 3 nitrogen and oxygen atoms in total. The molecule has 1 aromatic carbocycles. The quantitative estimate of drug-likeness (QED) is 0.902. The Balaban J connectivity index is 2.05. The van der Waals surface area contributed by atoms with Gasteiger partial charge in [0, 0.05) is 37.4 Å². The van der Waals surface area contributed by atoms with Crippen molar-refractivity contribution in [1.82, 2.24) is 5.32 Å². The molecular weight excluding hydrogens is 236 g/mol. The second-order valence-electron chi connectivity index (χ2n) is 5.46. The predicted octanol–water partition coefficient (Wildman–Crippen LogP) is 3.05. The van der Waals surface area contributed by atoms with Crippen molar-refractivity contribution < 1.29 is 4.74 Å². The fraction of sp³-hybridized carbons (Fsp3) is 0.625. The Morgan fingerprint density at radius 2 is 2.26 bits per heavy atom. The van der Waals surface area contributed by atoms with Gasteiger partial charge < -0.3 is 15.0 Å². The van der Waals surface area contributed by atoms with Crippen LogP contribution >= 0.6 is 0 Å². The second-order valence-corrected chi connectivity index (χ2v) is 5.46. The van der Waals surface area contributed by atoms with Crippen LogP contribution in [0.1, 0.15) is 33.6 Å². The lowest BCUT2D eigenvalue weighted by Gasteiger charge is -2.23. The summed E-state index contributed by atoms with van der Waals surface area (Å²) < 4.78 is 5.91. The molecule has 1 saturated heterocycles. The van der Waals surface area contributed by atoms with Crippen LogP contribution in [0.3, 0.4) is 0 Å². The van der Waals surface area contributed by atoms with Gasteiger partial charge in [0.2, 0.25) is 0 Å². The largest absolute Gasteiger partial charge is 0.491 e. The first kappa shape index (κ1) is 14.2. The Morgan fingerprint density at radius 1 is 1.42 bits per heavy atom. The number of benzene rings is 1. The molecule has 3 heteroatoms. The zero-order chi connectivity index (χ0) is 13.7. The Hall–Kier alpha value is -1.22. The van der Waals surface area contributed by atoms with Gasteiger partial charge in [0.25, 0.3) is 0 Å². The van der Waals surface area contributed by atoms with Gasteiger partial charge in [-0.2, -0.15) is 0 Å². The average molecular weight is 262 g/mol. The molecule has 0 aliphatic carbocycles. The van der Waals surface area contributed by atoms with Crippen molar-refractivity contribution in [2.75, 3.05) is 24.5 Å². The molecule has 1 N–H and O–H groups in total. The lowest BCUT2D eigenvalue weighted by atomic mass is 10.2. The Kier molecular flexibility index (Phi) is 5.08. The number of hydrogen-bond donors (Lipinski definition) is 1. The molecule has 0 amide bonds. The third-order valence-corrected chi connectivity index (χ3v) is 3.80. The molecular formula is C16H26N2O. The minimum atomic E-state index is 0.279. The van der Waals surface area contributed by atoms with Gasteiger partial charge in [0.15, 0.2) is 0 Å². The summed E-state index contributed by atoms with van der Waals surface area (Å²) in [5.74, 6) is 0.983. The van der Waals surface area contributed by atoms with Crippen molar-refractivity contribution in [3.63, 3.8) is 0 Å². The zero-order valence-corrected chi connectivity index (χ0v) is 12.4. The number of rotatable bonds is 4. The van der Waals surface area contributed by atoms with Gasteiger partial charge in [-0.15, -0.1) is 0 Å². The van der Waals surface area contributed by atoms with Crippen LogP contribution in [-0.4, -0.2) is 31.8 Å². The maximum Gasteiger partial charge on any atom is 0.121 e. The molecule has 0 radical (unpaired) electrons. The Bertz CT molecular complexity index is 394. The molecule has 1 fully saturated rings. The summed E-state index contributed by atoms with van der Waals surface area (Å²) >= 11 is 0. The van der Waals surface area contributed by atoms with Crippen LogP contribution in [0.25, 0.3) is 0 Å². The van der Waals surface area contributed by atoms with E-state index in [1.807, 2.05) is 6.07 Å². The summed E-state index contributed by atoms with van der Waals surface area (Å²) in [6.07, 6.45) is 2.51. The first-order valence-corrected chi connectivity index (χ1v) is 7.44. The topological polar surface area (TPSA) is 24.5 Å². The standard InChI is InChI=1S/C16H26N2O/c1-4-14(3)19-16-7-5-6-15(12-16)18-10-8-13(2)17-9-11-18/h5-7,12-14,17H,4,8-11H2,1-3H3. The summed E-state index contributed by atoms with van der Waals surface area (Å²) in [5.41, 5.74) is 1.27. The van der Waals surface area contributed by atoms with Crippen LogP contribution in [0.15, 0.2) is 24.3 Å². The molecule has 1 aliphatic heterocycles. The third kappa shape index (κ3) is 4.13. The van der Waals surface area contributed by atoms with E-state index in [-0.39, 0.29) is 6.10 Å². The number of nitrogens with one attached hydrogen (secondary N) is 1. The SMILES string of the molecule is CCC(C)Oc1cccc(N2CCNC(C)CC2)c1. The molecule has 0 saturated carbocycles. The van der Waals surface area contributed by atoms with E-state index in [9.17, 15) is 0 Å². The van der Waals surface area contributed by atoms with Gasteiger partial charge >= 0.3 is 0 Å². The molecule has 0 spiro atoms. The van der Waals surface area contributed by atoms with E-state index < -0.39 is 0 Å². The van der Waals surface area contributed by atoms with Gasteiger partial charge in [0.1, 0.15) is 5.75 Å². The smallest absolute Gasteiger partial charge is 0.121 e. The number of nitrogens with zero attached hydrogens (tertiary/aromatic N) is 1. The zero-order valence-electron chi connectivity index (χ0n) is 12.4. The summed E-state index contributed by atoms with van der Waals surface area (Å²) in [6, 6.07) is 9.11. The number of ether oxygens (including phenoxy) is 1. The van der Waals surface area contributed by atoms with E-state index in [0.29, 0.717) is 6.04 Å². The minimum absolute atomic E-state index is 0.279. The van der Waals surface area contributed by atoms with E-state index in [1.165, 1.54) is 12.1 Å². The molecule has 2 rings (SSSR count). The fourth-order valence-electron chi connectivity index (χ4n) is 2.34. The highest BCUT2D eigenvalue weighted by Crippen LogP contribution is 2.23. The van der Waals surface area contributed by atoms with Crippen LogP contribution < -0.4 is 15.0 Å². The summed E-state index contributed by atoms with van der Waals surface area (Å²) in [6.45, 7) is 9.75. The van der Waals surface area contributed by atoms with Crippen LogP contribution in [-0.2, 0) is 0 Å². The molecule has 2 atom stereocenters. The molecule has 0 aromatic heterocycles. The van der Waals surface area contributed by atoms with Gasteiger partial charge in [-0.05, 0) is 38.8 Å². The molecule has 106 valence electrons. The van der Waals surface area contributed by atoms with Gasteiger partial charge in [0.05, 0.1) is 6.10 Å². The third-order valence-electron chi connectivity index (χ3n) is 3.80. The maximum absolute atomic E-state index is 5.91. The van der Waals surface area contributed by atoms with Crippen molar-refractivity contribution in [3.8, 4) is 5.75 Å². The molecule has 0 bridgehead atoms. The van der Waals surface area contributed by atoms with E-state index in [0.717, 1.165) is 31.8 Å². The van der Waals surface area contributed by atoms with Gasteiger partial charge in [-0.25, -0.2) is 0 Å².